The van der Waals surface area contributed by atoms with Gasteiger partial charge in [-0.1, -0.05) is 61.9 Å². The molecule has 0 amide bonds. The molecule has 8 heteroatoms. The predicted molar refractivity (Wildman–Crippen MR) is 124 cm³/mol. The van der Waals surface area contributed by atoms with E-state index < -0.39 is 0 Å². The highest BCUT2D eigenvalue weighted by Crippen LogP contribution is 2.30. The van der Waals surface area contributed by atoms with Gasteiger partial charge in [0.15, 0.2) is 0 Å². The van der Waals surface area contributed by atoms with Crippen molar-refractivity contribution in [2.24, 2.45) is 0 Å². The molecule has 0 spiro atoms. The highest BCUT2D eigenvalue weighted by atomic mass is 16.3. The van der Waals surface area contributed by atoms with E-state index in [2.05, 4.69) is 67.8 Å². The molecule has 0 aliphatic carbocycles. The Labute approximate surface area is 187 Å². The maximum absolute atomic E-state index is 9.74. The molecule has 0 bridgehead atoms. The summed E-state index contributed by atoms with van der Waals surface area (Å²) in [6, 6.07) is 16.4. The van der Waals surface area contributed by atoms with Gasteiger partial charge in [-0.25, -0.2) is 9.97 Å². The molecule has 2 heterocycles. The third kappa shape index (κ3) is 4.81. The average Bonchev–Trinajstić information content (AvgIpc) is 3.38. The smallest absolute Gasteiger partial charge is 0.205 e. The van der Waals surface area contributed by atoms with Gasteiger partial charge in [-0.2, -0.15) is 5.21 Å². The number of nitrogens with zero attached hydrogens (tertiary/aromatic N) is 6. The molecule has 0 atom stereocenters. The number of rotatable bonds is 9. The van der Waals surface area contributed by atoms with Gasteiger partial charge in [0, 0.05) is 37.3 Å². The number of nitrogens with one attached hydrogen (secondary N) is 1. The van der Waals surface area contributed by atoms with Gasteiger partial charge in [-0.05, 0) is 28.3 Å². The summed E-state index contributed by atoms with van der Waals surface area (Å²) in [5, 5.41) is 24.2. The zero-order valence-electron chi connectivity index (χ0n) is 18.4. The highest BCUT2D eigenvalue weighted by Gasteiger charge is 2.13. The molecular weight excluding hydrogens is 402 g/mol. The zero-order valence-corrected chi connectivity index (χ0v) is 18.4. The van der Waals surface area contributed by atoms with Crippen molar-refractivity contribution in [3.05, 3.63) is 71.7 Å². The number of H-pyrrole nitrogens is 1. The van der Waals surface area contributed by atoms with Crippen molar-refractivity contribution in [1.82, 2.24) is 30.6 Å². The Bertz CT molecular complexity index is 1140. The first-order valence-electron chi connectivity index (χ1n) is 10.8. The molecule has 0 aliphatic heterocycles. The molecule has 4 aromatic rings. The van der Waals surface area contributed by atoms with E-state index in [1.807, 2.05) is 25.2 Å². The van der Waals surface area contributed by atoms with Gasteiger partial charge in [-0.3, -0.25) is 0 Å². The summed E-state index contributed by atoms with van der Waals surface area (Å²) in [7, 11) is 1.99. The van der Waals surface area contributed by atoms with Crippen LogP contribution < -0.4 is 4.90 Å². The van der Waals surface area contributed by atoms with Crippen LogP contribution >= 0.6 is 0 Å². The summed E-state index contributed by atoms with van der Waals surface area (Å²) >= 11 is 0. The van der Waals surface area contributed by atoms with Crippen LogP contribution in [0.5, 0.6) is 0 Å². The van der Waals surface area contributed by atoms with E-state index in [1.54, 1.807) is 6.20 Å². The van der Waals surface area contributed by atoms with E-state index in [0.29, 0.717) is 12.4 Å². The second kappa shape index (κ2) is 10.1. The summed E-state index contributed by atoms with van der Waals surface area (Å²) < 4.78 is 0. The second-order valence-electron chi connectivity index (χ2n) is 7.73. The quantitative estimate of drug-likeness (QED) is 0.417. The third-order valence-electron chi connectivity index (χ3n) is 5.38. The van der Waals surface area contributed by atoms with Crippen molar-refractivity contribution in [3.63, 3.8) is 0 Å². The van der Waals surface area contributed by atoms with Crippen LogP contribution in [-0.2, 0) is 19.6 Å². The fourth-order valence-corrected chi connectivity index (χ4v) is 3.67. The molecule has 0 saturated heterocycles. The first-order valence-corrected chi connectivity index (χ1v) is 10.8. The van der Waals surface area contributed by atoms with Gasteiger partial charge in [0.05, 0.1) is 6.61 Å². The number of hydrogen-bond acceptors (Lipinski definition) is 7. The molecule has 2 aromatic heterocycles. The lowest BCUT2D eigenvalue weighted by Gasteiger charge is -2.21. The van der Waals surface area contributed by atoms with Crippen molar-refractivity contribution in [3.8, 4) is 22.5 Å². The summed E-state index contributed by atoms with van der Waals surface area (Å²) in [5.74, 6) is 2.17. The molecular formula is C24H27N7O. The molecule has 32 heavy (non-hydrogen) atoms. The third-order valence-corrected chi connectivity index (χ3v) is 5.38. The SMILES string of the molecule is CCCCc1ncc(CO)c(N(C)Cc2ccc(-c3ccccc3-c3nn[nH]n3)cc2)n1. The fourth-order valence-electron chi connectivity index (χ4n) is 3.67. The van der Waals surface area contributed by atoms with E-state index in [-0.39, 0.29) is 6.61 Å². The Kier molecular flexibility index (Phi) is 6.81. The molecule has 0 radical (unpaired) electrons. The molecule has 0 saturated carbocycles. The Balaban J connectivity index is 1.54. The number of hydrogen-bond donors (Lipinski definition) is 2. The van der Waals surface area contributed by atoms with Crippen molar-refractivity contribution in [2.45, 2.75) is 39.3 Å². The lowest BCUT2D eigenvalue weighted by Crippen LogP contribution is -2.20. The normalized spacial score (nSPS) is 11.0. The van der Waals surface area contributed by atoms with E-state index in [1.165, 1.54) is 0 Å². The molecule has 4 rings (SSSR count). The van der Waals surface area contributed by atoms with E-state index in [4.69, 9.17) is 4.98 Å². The van der Waals surface area contributed by atoms with Crippen molar-refractivity contribution in [1.29, 1.82) is 0 Å². The minimum atomic E-state index is -0.0838. The van der Waals surface area contributed by atoms with Crippen molar-refractivity contribution >= 4 is 5.82 Å². The Hall–Kier alpha value is -3.65. The number of tetrazole rings is 1. The number of aryl methyl sites for hydroxylation is 1. The Morgan fingerprint density at radius 1 is 1.03 bits per heavy atom. The van der Waals surface area contributed by atoms with Crippen molar-refractivity contribution < 1.29 is 5.11 Å². The lowest BCUT2D eigenvalue weighted by atomic mass is 9.98. The van der Waals surface area contributed by atoms with Gasteiger partial charge in [0.1, 0.15) is 11.6 Å². The molecule has 2 aromatic carbocycles. The summed E-state index contributed by atoms with van der Waals surface area (Å²) in [4.78, 5) is 11.2. The van der Waals surface area contributed by atoms with E-state index in [0.717, 1.165) is 58.7 Å². The number of aliphatic hydroxyl groups is 1. The molecule has 0 fully saturated rings. The highest BCUT2D eigenvalue weighted by molar-refractivity contribution is 5.80. The molecule has 0 unspecified atom stereocenters. The van der Waals surface area contributed by atoms with E-state index >= 15 is 0 Å². The molecule has 2 N–H and O–H groups in total. The maximum Gasteiger partial charge on any atom is 0.205 e. The number of aromatic amines is 1. The minimum absolute atomic E-state index is 0.0838. The van der Waals surface area contributed by atoms with Gasteiger partial charge < -0.3 is 10.0 Å². The van der Waals surface area contributed by atoms with Crippen molar-refractivity contribution in [2.75, 3.05) is 11.9 Å². The fraction of sp³-hybridized carbons (Fsp3) is 0.292. The zero-order chi connectivity index (χ0) is 22.3. The van der Waals surface area contributed by atoms with Gasteiger partial charge in [0.25, 0.3) is 0 Å². The van der Waals surface area contributed by atoms with Crippen LogP contribution in [0, 0.1) is 0 Å². The van der Waals surface area contributed by atoms with Gasteiger partial charge in [0.2, 0.25) is 5.82 Å². The van der Waals surface area contributed by atoms with Crippen LogP contribution in [0.25, 0.3) is 22.5 Å². The number of aromatic nitrogens is 6. The Morgan fingerprint density at radius 3 is 2.50 bits per heavy atom. The van der Waals surface area contributed by atoms with Crippen LogP contribution in [-0.4, -0.2) is 42.7 Å². The molecule has 0 aliphatic rings. The molecule has 164 valence electrons. The number of benzene rings is 2. The predicted octanol–water partition coefficient (Wildman–Crippen LogP) is 3.80. The standard InChI is InChI=1S/C24H27N7O/c1-3-4-9-22-25-14-19(16-32)24(26-22)31(2)15-17-10-12-18(13-11-17)20-7-5-6-8-21(20)23-27-29-30-28-23/h5-8,10-14,32H,3-4,9,15-16H2,1-2H3,(H,27,28,29,30). The number of aliphatic hydroxyl groups excluding tert-OH is 1. The first kappa shape index (κ1) is 21.6. The van der Waals surface area contributed by atoms with Crippen LogP contribution in [0.3, 0.4) is 0 Å². The molecule has 8 nitrogen and oxygen atoms in total. The van der Waals surface area contributed by atoms with Gasteiger partial charge in [-0.15, -0.1) is 10.2 Å². The monoisotopic (exact) mass is 429 g/mol. The summed E-state index contributed by atoms with van der Waals surface area (Å²) in [5.41, 5.74) is 4.94. The topological polar surface area (TPSA) is 104 Å². The second-order valence-corrected chi connectivity index (χ2v) is 7.73. The number of unbranched alkanes of at least 4 members (excludes halogenated alkanes) is 1. The minimum Gasteiger partial charge on any atom is -0.391 e. The van der Waals surface area contributed by atoms with Gasteiger partial charge >= 0.3 is 0 Å². The summed E-state index contributed by atoms with van der Waals surface area (Å²) in [6.07, 6.45) is 4.73. The average molecular weight is 430 g/mol. The number of anilines is 1. The largest absolute Gasteiger partial charge is 0.391 e. The summed E-state index contributed by atoms with van der Waals surface area (Å²) in [6.45, 7) is 2.74. The first-order chi connectivity index (χ1) is 15.7. The maximum atomic E-state index is 9.74. The van der Waals surface area contributed by atoms with Crippen LogP contribution in [0.4, 0.5) is 5.82 Å². The van der Waals surface area contributed by atoms with Crippen LogP contribution in [0.2, 0.25) is 0 Å². The van der Waals surface area contributed by atoms with Crippen LogP contribution in [0.15, 0.2) is 54.7 Å². The lowest BCUT2D eigenvalue weighted by molar-refractivity contribution is 0.281. The Morgan fingerprint density at radius 2 is 1.81 bits per heavy atom. The van der Waals surface area contributed by atoms with E-state index in [9.17, 15) is 5.11 Å². The van der Waals surface area contributed by atoms with Crippen LogP contribution in [0.1, 0.15) is 36.7 Å².